The predicted octanol–water partition coefficient (Wildman–Crippen LogP) is 2.13. The van der Waals surface area contributed by atoms with Gasteiger partial charge in [0.25, 0.3) is 0 Å². The van der Waals surface area contributed by atoms with Crippen molar-refractivity contribution < 1.29 is 4.74 Å². The van der Waals surface area contributed by atoms with E-state index >= 15 is 0 Å². The number of hydrogen-bond donors (Lipinski definition) is 1. The molecule has 1 unspecified atom stereocenters. The maximum atomic E-state index is 5.91. The second-order valence-electron chi connectivity index (χ2n) is 4.40. The van der Waals surface area contributed by atoms with Gasteiger partial charge >= 0.3 is 0 Å². The fraction of sp³-hybridized carbons (Fsp3) is 0.538. The Balaban J connectivity index is 1.84. The number of nitrogens with two attached hydrogens (primary N) is 1. The van der Waals surface area contributed by atoms with Gasteiger partial charge in [0.15, 0.2) is 0 Å². The Kier molecular flexibility index (Phi) is 3.67. The zero-order valence-corrected chi connectivity index (χ0v) is 9.86. The van der Waals surface area contributed by atoms with Gasteiger partial charge in [0.1, 0.15) is 11.9 Å². The van der Waals surface area contributed by atoms with E-state index in [1.54, 1.807) is 0 Å². The maximum absolute atomic E-state index is 5.91. The summed E-state index contributed by atoms with van der Waals surface area (Å²) in [5, 5.41) is 0. The number of rotatable bonds is 4. The molecule has 1 aromatic carbocycles. The van der Waals surface area contributed by atoms with E-state index in [4.69, 9.17) is 10.5 Å². The van der Waals surface area contributed by atoms with Gasteiger partial charge in [0.05, 0.1) is 0 Å². The summed E-state index contributed by atoms with van der Waals surface area (Å²) < 4.78 is 5.91. The topological polar surface area (TPSA) is 38.5 Å². The summed E-state index contributed by atoms with van der Waals surface area (Å²) >= 11 is 0. The first kappa shape index (κ1) is 11.3. The smallest absolute Gasteiger partial charge is 0.119 e. The SMILES string of the molecule is CCCN1CCC(Oc2ccc(N)cc2)C1. The Bertz CT molecular complexity index is 323. The van der Waals surface area contributed by atoms with E-state index in [2.05, 4.69) is 11.8 Å². The van der Waals surface area contributed by atoms with E-state index in [1.807, 2.05) is 24.3 Å². The van der Waals surface area contributed by atoms with Gasteiger partial charge in [-0.15, -0.1) is 0 Å². The molecule has 1 aliphatic rings. The molecule has 1 heterocycles. The highest BCUT2D eigenvalue weighted by Crippen LogP contribution is 2.19. The Hall–Kier alpha value is -1.22. The summed E-state index contributed by atoms with van der Waals surface area (Å²) in [5.41, 5.74) is 6.42. The Morgan fingerprint density at radius 2 is 2.12 bits per heavy atom. The third kappa shape index (κ3) is 2.89. The van der Waals surface area contributed by atoms with E-state index in [9.17, 15) is 0 Å². The second kappa shape index (κ2) is 5.21. The van der Waals surface area contributed by atoms with Crippen LogP contribution in [0, 0.1) is 0 Å². The standard InChI is InChI=1S/C13H20N2O/c1-2-8-15-9-7-13(10-15)16-12-5-3-11(14)4-6-12/h3-6,13H,2,7-10,14H2,1H3. The molecule has 1 saturated heterocycles. The van der Waals surface area contributed by atoms with Crippen LogP contribution in [0.3, 0.4) is 0 Å². The van der Waals surface area contributed by atoms with Gasteiger partial charge in [0, 0.05) is 18.8 Å². The molecule has 1 aromatic rings. The highest BCUT2D eigenvalue weighted by Gasteiger charge is 2.22. The summed E-state index contributed by atoms with van der Waals surface area (Å²) in [6.45, 7) is 5.61. The van der Waals surface area contributed by atoms with Crippen LogP contribution in [0.1, 0.15) is 19.8 Å². The first-order valence-electron chi connectivity index (χ1n) is 6.02. The van der Waals surface area contributed by atoms with Crippen LogP contribution < -0.4 is 10.5 Å². The number of nitrogen functional groups attached to an aromatic ring is 1. The molecule has 0 saturated carbocycles. The van der Waals surface area contributed by atoms with E-state index in [0.29, 0.717) is 6.10 Å². The van der Waals surface area contributed by atoms with Crippen LogP contribution in [-0.4, -0.2) is 30.6 Å². The Morgan fingerprint density at radius 1 is 1.38 bits per heavy atom. The van der Waals surface area contributed by atoms with Gasteiger partial charge < -0.3 is 10.5 Å². The van der Waals surface area contributed by atoms with E-state index in [-0.39, 0.29) is 0 Å². The molecule has 0 aliphatic carbocycles. The lowest BCUT2D eigenvalue weighted by atomic mass is 10.3. The first-order valence-corrected chi connectivity index (χ1v) is 6.02. The highest BCUT2D eigenvalue weighted by molar-refractivity contribution is 5.41. The molecule has 1 aliphatic heterocycles. The molecule has 2 rings (SSSR count). The third-order valence-corrected chi connectivity index (χ3v) is 2.95. The summed E-state index contributed by atoms with van der Waals surface area (Å²) in [7, 11) is 0. The molecule has 0 spiro atoms. The van der Waals surface area contributed by atoms with Crippen LogP contribution in [0.5, 0.6) is 5.75 Å². The summed E-state index contributed by atoms with van der Waals surface area (Å²) in [4.78, 5) is 2.46. The van der Waals surface area contributed by atoms with Gasteiger partial charge in [-0.1, -0.05) is 6.92 Å². The van der Waals surface area contributed by atoms with Gasteiger partial charge in [-0.3, -0.25) is 4.90 Å². The largest absolute Gasteiger partial charge is 0.489 e. The molecule has 3 heteroatoms. The normalized spacial score (nSPS) is 21.2. The highest BCUT2D eigenvalue weighted by atomic mass is 16.5. The molecule has 0 radical (unpaired) electrons. The van der Waals surface area contributed by atoms with Crippen molar-refractivity contribution in [2.45, 2.75) is 25.9 Å². The summed E-state index contributed by atoms with van der Waals surface area (Å²) in [6, 6.07) is 7.65. The van der Waals surface area contributed by atoms with Crippen LogP contribution in [0.15, 0.2) is 24.3 Å². The Morgan fingerprint density at radius 3 is 2.81 bits per heavy atom. The summed E-state index contributed by atoms with van der Waals surface area (Å²) in [5.74, 6) is 0.928. The maximum Gasteiger partial charge on any atom is 0.119 e. The zero-order valence-electron chi connectivity index (χ0n) is 9.86. The molecular weight excluding hydrogens is 200 g/mol. The minimum Gasteiger partial charge on any atom is -0.489 e. The van der Waals surface area contributed by atoms with Crippen LogP contribution in [0.2, 0.25) is 0 Å². The lowest BCUT2D eigenvalue weighted by Crippen LogP contribution is -2.25. The predicted molar refractivity (Wildman–Crippen MR) is 66.6 cm³/mol. The minimum atomic E-state index is 0.343. The van der Waals surface area contributed by atoms with Gasteiger partial charge in [0.2, 0.25) is 0 Å². The molecule has 1 fully saturated rings. The average molecular weight is 220 g/mol. The molecule has 16 heavy (non-hydrogen) atoms. The van der Waals surface area contributed by atoms with Crippen LogP contribution in [0.4, 0.5) is 5.69 Å². The van der Waals surface area contributed by atoms with Gasteiger partial charge in [-0.2, -0.15) is 0 Å². The van der Waals surface area contributed by atoms with Crippen molar-refractivity contribution in [2.75, 3.05) is 25.4 Å². The lowest BCUT2D eigenvalue weighted by Gasteiger charge is -2.16. The van der Waals surface area contributed by atoms with Crippen LogP contribution >= 0.6 is 0 Å². The molecule has 1 atom stereocenters. The van der Waals surface area contributed by atoms with Crippen molar-refractivity contribution >= 4 is 5.69 Å². The van der Waals surface area contributed by atoms with Crippen molar-refractivity contribution in [3.63, 3.8) is 0 Å². The number of benzene rings is 1. The fourth-order valence-electron chi connectivity index (χ4n) is 2.15. The van der Waals surface area contributed by atoms with Crippen molar-refractivity contribution in [1.29, 1.82) is 0 Å². The zero-order chi connectivity index (χ0) is 11.4. The molecule has 0 bridgehead atoms. The summed E-state index contributed by atoms with van der Waals surface area (Å²) in [6.07, 6.45) is 2.69. The number of hydrogen-bond acceptors (Lipinski definition) is 3. The van der Waals surface area contributed by atoms with Crippen molar-refractivity contribution in [3.05, 3.63) is 24.3 Å². The Labute approximate surface area is 97.2 Å². The molecule has 0 amide bonds. The monoisotopic (exact) mass is 220 g/mol. The fourth-order valence-corrected chi connectivity index (χ4v) is 2.15. The quantitative estimate of drug-likeness (QED) is 0.790. The molecule has 0 aromatic heterocycles. The van der Waals surface area contributed by atoms with Crippen molar-refractivity contribution in [2.24, 2.45) is 0 Å². The molecule has 3 nitrogen and oxygen atoms in total. The first-order chi connectivity index (χ1) is 7.78. The second-order valence-corrected chi connectivity index (χ2v) is 4.40. The lowest BCUT2D eigenvalue weighted by molar-refractivity contribution is 0.200. The average Bonchev–Trinajstić information content (AvgIpc) is 2.70. The molecule has 88 valence electrons. The molecular formula is C13H20N2O. The third-order valence-electron chi connectivity index (χ3n) is 2.95. The number of anilines is 1. The number of likely N-dealkylation sites (tertiary alicyclic amines) is 1. The minimum absolute atomic E-state index is 0.343. The van der Waals surface area contributed by atoms with Crippen LogP contribution in [0.25, 0.3) is 0 Å². The van der Waals surface area contributed by atoms with Gasteiger partial charge in [-0.25, -0.2) is 0 Å². The number of nitrogens with zero attached hydrogens (tertiary/aromatic N) is 1. The molecule has 2 N–H and O–H groups in total. The van der Waals surface area contributed by atoms with Gasteiger partial charge in [-0.05, 0) is 43.7 Å². The van der Waals surface area contributed by atoms with Crippen LogP contribution in [-0.2, 0) is 0 Å². The van der Waals surface area contributed by atoms with Crippen molar-refractivity contribution in [1.82, 2.24) is 4.90 Å². The van der Waals surface area contributed by atoms with E-state index in [0.717, 1.165) is 30.9 Å². The van der Waals surface area contributed by atoms with E-state index in [1.165, 1.54) is 13.0 Å². The van der Waals surface area contributed by atoms with Crippen molar-refractivity contribution in [3.8, 4) is 5.75 Å². The number of ether oxygens (including phenoxy) is 1. The van der Waals surface area contributed by atoms with E-state index < -0.39 is 0 Å².